The third-order valence-electron chi connectivity index (χ3n) is 3.92. The predicted molar refractivity (Wildman–Crippen MR) is 83.4 cm³/mol. The van der Waals surface area contributed by atoms with Gasteiger partial charge in [-0.05, 0) is 30.3 Å². The van der Waals surface area contributed by atoms with Crippen molar-refractivity contribution in [2.75, 3.05) is 33.3 Å². The van der Waals surface area contributed by atoms with Crippen LogP contribution in [0.4, 0.5) is 0 Å². The van der Waals surface area contributed by atoms with E-state index >= 15 is 0 Å². The van der Waals surface area contributed by atoms with Crippen LogP contribution in [0.25, 0.3) is 0 Å². The SMILES string of the molecule is COc1ccc(C(=O)N2CCN(C(=O)c3ccn[nH]3)CC2)cc1. The Morgan fingerprint density at radius 1 is 1.00 bits per heavy atom. The molecule has 2 aromatic rings. The summed E-state index contributed by atoms with van der Waals surface area (Å²) < 4.78 is 5.09. The van der Waals surface area contributed by atoms with Crippen molar-refractivity contribution in [1.82, 2.24) is 20.0 Å². The second kappa shape index (κ2) is 6.51. The standard InChI is InChI=1S/C16H18N4O3/c1-23-13-4-2-12(3-5-13)15(21)19-8-10-20(11-9-19)16(22)14-6-7-17-18-14/h2-7H,8-11H2,1H3,(H,17,18). The number of benzene rings is 1. The number of amides is 2. The molecule has 0 aliphatic carbocycles. The molecule has 7 nitrogen and oxygen atoms in total. The van der Waals surface area contributed by atoms with Crippen LogP contribution in [-0.2, 0) is 0 Å². The van der Waals surface area contributed by atoms with Gasteiger partial charge in [0.25, 0.3) is 11.8 Å². The highest BCUT2D eigenvalue weighted by atomic mass is 16.5. The van der Waals surface area contributed by atoms with Crippen LogP contribution in [0.15, 0.2) is 36.5 Å². The Hall–Kier alpha value is -2.83. The van der Waals surface area contributed by atoms with E-state index in [1.807, 2.05) is 0 Å². The minimum absolute atomic E-state index is 0.0266. The summed E-state index contributed by atoms with van der Waals surface area (Å²) in [5, 5.41) is 6.46. The molecule has 1 fully saturated rings. The normalized spacial score (nSPS) is 14.7. The molecule has 1 aliphatic rings. The summed E-state index contributed by atoms with van der Waals surface area (Å²) in [7, 11) is 1.59. The number of ether oxygens (including phenoxy) is 1. The average molecular weight is 314 g/mol. The number of carbonyl (C=O) groups excluding carboxylic acids is 2. The molecule has 1 N–H and O–H groups in total. The summed E-state index contributed by atoms with van der Waals surface area (Å²) in [5.74, 6) is 0.608. The van der Waals surface area contributed by atoms with Crippen molar-refractivity contribution in [3.05, 3.63) is 47.8 Å². The Morgan fingerprint density at radius 2 is 1.61 bits per heavy atom. The molecule has 2 amide bonds. The molecular weight excluding hydrogens is 296 g/mol. The maximum atomic E-state index is 12.5. The van der Waals surface area contributed by atoms with Crippen LogP contribution in [0.1, 0.15) is 20.8 Å². The van der Waals surface area contributed by atoms with Crippen LogP contribution in [0.2, 0.25) is 0 Å². The Labute approximate surface area is 133 Å². The molecule has 1 aromatic heterocycles. The van der Waals surface area contributed by atoms with Crippen LogP contribution in [-0.4, -0.2) is 65.1 Å². The second-order valence-electron chi connectivity index (χ2n) is 5.28. The van der Waals surface area contributed by atoms with Gasteiger partial charge in [-0.25, -0.2) is 0 Å². The first-order valence-electron chi connectivity index (χ1n) is 7.41. The zero-order chi connectivity index (χ0) is 16.2. The Morgan fingerprint density at radius 3 is 2.13 bits per heavy atom. The fraction of sp³-hybridized carbons (Fsp3) is 0.312. The number of aromatic nitrogens is 2. The molecule has 0 spiro atoms. The fourth-order valence-corrected chi connectivity index (χ4v) is 2.57. The van der Waals surface area contributed by atoms with Gasteiger partial charge in [0, 0.05) is 37.9 Å². The fourth-order valence-electron chi connectivity index (χ4n) is 2.57. The van der Waals surface area contributed by atoms with Gasteiger partial charge in [0.2, 0.25) is 0 Å². The monoisotopic (exact) mass is 314 g/mol. The Kier molecular flexibility index (Phi) is 4.27. The highest BCUT2D eigenvalue weighted by molar-refractivity contribution is 5.95. The smallest absolute Gasteiger partial charge is 0.271 e. The number of nitrogens with one attached hydrogen (secondary N) is 1. The number of H-pyrrole nitrogens is 1. The molecule has 2 heterocycles. The topological polar surface area (TPSA) is 78.5 Å². The zero-order valence-corrected chi connectivity index (χ0v) is 12.9. The van der Waals surface area contributed by atoms with Crippen LogP contribution < -0.4 is 4.74 Å². The van der Waals surface area contributed by atoms with Crippen molar-refractivity contribution < 1.29 is 14.3 Å². The maximum absolute atomic E-state index is 12.5. The molecule has 0 radical (unpaired) electrons. The lowest BCUT2D eigenvalue weighted by atomic mass is 10.1. The van der Waals surface area contributed by atoms with Crippen molar-refractivity contribution in [3.63, 3.8) is 0 Å². The van der Waals surface area contributed by atoms with Crippen molar-refractivity contribution in [1.29, 1.82) is 0 Å². The van der Waals surface area contributed by atoms with E-state index in [-0.39, 0.29) is 11.8 Å². The maximum Gasteiger partial charge on any atom is 0.271 e. The van der Waals surface area contributed by atoms with E-state index in [1.54, 1.807) is 53.4 Å². The van der Waals surface area contributed by atoms with Crippen LogP contribution >= 0.6 is 0 Å². The summed E-state index contributed by atoms with van der Waals surface area (Å²) in [6, 6.07) is 8.69. The Balaban J connectivity index is 1.59. The van der Waals surface area contributed by atoms with E-state index in [0.29, 0.717) is 37.4 Å². The number of rotatable bonds is 3. The number of piperazine rings is 1. The minimum Gasteiger partial charge on any atom is -0.497 e. The van der Waals surface area contributed by atoms with Gasteiger partial charge in [-0.1, -0.05) is 0 Å². The zero-order valence-electron chi connectivity index (χ0n) is 12.9. The molecule has 3 rings (SSSR count). The van der Waals surface area contributed by atoms with Gasteiger partial charge in [-0.3, -0.25) is 14.7 Å². The van der Waals surface area contributed by atoms with E-state index < -0.39 is 0 Å². The molecule has 7 heteroatoms. The minimum atomic E-state index is -0.0842. The van der Waals surface area contributed by atoms with Crippen LogP contribution in [0, 0.1) is 0 Å². The first kappa shape index (κ1) is 15.1. The van der Waals surface area contributed by atoms with E-state index in [2.05, 4.69) is 10.2 Å². The number of carbonyl (C=O) groups is 2. The van der Waals surface area contributed by atoms with Gasteiger partial charge in [0.1, 0.15) is 11.4 Å². The molecule has 23 heavy (non-hydrogen) atoms. The first-order chi connectivity index (χ1) is 11.2. The largest absolute Gasteiger partial charge is 0.497 e. The molecule has 120 valence electrons. The van der Waals surface area contributed by atoms with E-state index in [9.17, 15) is 9.59 Å². The first-order valence-corrected chi connectivity index (χ1v) is 7.41. The third-order valence-corrected chi connectivity index (χ3v) is 3.92. The van der Waals surface area contributed by atoms with Crippen LogP contribution in [0.3, 0.4) is 0 Å². The average Bonchev–Trinajstić information content (AvgIpc) is 3.15. The lowest BCUT2D eigenvalue weighted by Crippen LogP contribution is -2.50. The Bertz CT molecular complexity index is 674. The summed E-state index contributed by atoms with van der Waals surface area (Å²) in [5.41, 5.74) is 1.10. The molecule has 0 bridgehead atoms. The van der Waals surface area contributed by atoms with Gasteiger partial charge in [-0.15, -0.1) is 0 Å². The summed E-state index contributed by atoms with van der Waals surface area (Å²) in [4.78, 5) is 28.2. The van der Waals surface area contributed by atoms with Crippen LogP contribution in [0.5, 0.6) is 5.75 Å². The molecule has 0 saturated carbocycles. The van der Waals surface area contributed by atoms with Gasteiger partial charge in [0.05, 0.1) is 7.11 Å². The van der Waals surface area contributed by atoms with Crippen molar-refractivity contribution in [3.8, 4) is 5.75 Å². The van der Waals surface area contributed by atoms with Gasteiger partial charge in [-0.2, -0.15) is 5.10 Å². The molecule has 0 unspecified atom stereocenters. The lowest BCUT2D eigenvalue weighted by Gasteiger charge is -2.34. The number of hydrogen-bond donors (Lipinski definition) is 1. The van der Waals surface area contributed by atoms with E-state index in [4.69, 9.17) is 4.74 Å². The summed E-state index contributed by atoms with van der Waals surface area (Å²) >= 11 is 0. The van der Waals surface area contributed by atoms with Gasteiger partial charge >= 0.3 is 0 Å². The van der Waals surface area contributed by atoms with Crippen molar-refractivity contribution in [2.45, 2.75) is 0 Å². The summed E-state index contributed by atoms with van der Waals surface area (Å²) in [6.45, 7) is 2.06. The van der Waals surface area contributed by atoms with E-state index in [1.165, 1.54) is 0 Å². The van der Waals surface area contributed by atoms with Crippen molar-refractivity contribution >= 4 is 11.8 Å². The summed E-state index contributed by atoms with van der Waals surface area (Å²) in [6.07, 6.45) is 1.55. The number of aromatic amines is 1. The molecule has 1 saturated heterocycles. The molecule has 1 aromatic carbocycles. The lowest BCUT2D eigenvalue weighted by molar-refractivity contribution is 0.0532. The quantitative estimate of drug-likeness (QED) is 0.917. The number of nitrogens with zero attached hydrogens (tertiary/aromatic N) is 3. The van der Waals surface area contributed by atoms with Crippen molar-refractivity contribution in [2.24, 2.45) is 0 Å². The molecule has 1 aliphatic heterocycles. The number of methoxy groups -OCH3 is 1. The molecule has 0 atom stereocenters. The van der Waals surface area contributed by atoms with E-state index in [0.717, 1.165) is 5.75 Å². The highest BCUT2D eigenvalue weighted by Crippen LogP contribution is 2.15. The van der Waals surface area contributed by atoms with Gasteiger partial charge < -0.3 is 14.5 Å². The third kappa shape index (κ3) is 3.18. The highest BCUT2D eigenvalue weighted by Gasteiger charge is 2.25. The number of hydrogen-bond acceptors (Lipinski definition) is 4. The van der Waals surface area contributed by atoms with Gasteiger partial charge in [0.15, 0.2) is 0 Å². The predicted octanol–water partition coefficient (Wildman–Crippen LogP) is 1.02. The molecular formula is C16H18N4O3. The second-order valence-corrected chi connectivity index (χ2v) is 5.28.